The number of hydrogen-bond donors (Lipinski definition) is 1. The fourth-order valence-corrected chi connectivity index (χ4v) is 3.07. The maximum atomic E-state index is 12.0. The molecule has 0 saturated carbocycles. The largest absolute Gasteiger partial charge is 0.483 e. The number of rotatable bonds is 6. The predicted molar refractivity (Wildman–Crippen MR) is 85.0 cm³/mol. The standard InChI is InChI=1S/C15H19N3O3S/c1-3-18(14(19)8-17-16)12-7-11-10(15(12)20)5-4-6-13(11)21-9-22-2/h4-6,8,12,15,20H,3,7,9H2,1-2H3/t12-,15-/m1/s1. The summed E-state index contributed by atoms with van der Waals surface area (Å²) in [6, 6.07) is 5.18. The first-order valence-corrected chi connectivity index (χ1v) is 8.43. The van der Waals surface area contributed by atoms with E-state index in [0.29, 0.717) is 18.9 Å². The van der Waals surface area contributed by atoms with E-state index in [9.17, 15) is 9.90 Å². The fraction of sp³-hybridized carbons (Fsp3) is 0.467. The van der Waals surface area contributed by atoms with Crippen LogP contribution in [0.25, 0.3) is 5.53 Å². The smallest absolute Gasteiger partial charge is 0.344 e. The highest BCUT2D eigenvalue weighted by molar-refractivity contribution is 7.98. The third-order valence-electron chi connectivity index (χ3n) is 3.79. The van der Waals surface area contributed by atoms with Gasteiger partial charge in [-0.2, -0.15) is 4.79 Å². The van der Waals surface area contributed by atoms with Crippen LogP contribution in [0.2, 0.25) is 0 Å². The van der Waals surface area contributed by atoms with Gasteiger partial charge in [-0.1, -0.05) is 12.1 Å². The van der Waals surface area contributed by atoms with Gasteiger partial charge in [-0.3, -0.25) is 4.79 Å². The third-order valence-corrected chi connectivity index (χ3v) is 4.14. The Kier molecular flexibility index (Phi) is 5.60. The van der Waals surface area contributed by atoms with E-state index >= 15 is 0 Å². The van der Waals surface area contributed by atoms with Crippen molar-refractivity contribution in [2.45, 2.75) is 25.5 Å². The van der Waals surface area contributed by atoms with Crippen LogP contribution in [0.1, 0.15) is 24.2 Å². The van der Waals surface area contributed by atoms with Gasteiger partial charge in [-0.25, -0.2) is 0 Å². The lowest BCUT2D eigenvalue weighted by atomic mass is 10.1. The maximum absolute atomic E-state index is 12.0. The molecule has 1 aromatic rings. The highest BCUT2D eigenvalue weighted by Crippen LogP contribution is 2.39. The molecule has 22 heavy (non-hydrogen) atoms. The summed E-state index contributed by atoms with van der Waals surface area (Å²) in [6.45, 7) is 2.24. The number of benzene rings is 1. The second-order valence-corrected chi connectivity index (χ2v) is 5.77. The molecule has 1 aromatic carbocycles. The van der Waals surface area contributed by atoms with Crippen LogP contribution < -0.4 is 4.74 Å². The second-order valence-electron chi connectivity index (χ2n) is 4.96. The van der Waals surface area contributed by atoms with Crippen LogP contribution in [-0.2, 0) is 11.2 Å². The lowest BCUT2D eigenvalue weighted by Crippen LogP contribution is -2.43. The van der Waals surface area contributed by atoms with Crippen molar-refractivity contribution in [2.24, 2.45) is 0 Å². The molecule has 1 N–H and O–H groups in total. The normalized spacial score (nSPS) is 19.2. The molecule has 0 aliphatic heterocycles. The molecular weight excluding hydrogens is 302 g/mol. The van der Waals surface area contributed by atoms with Crippen molar-refractivity contribution >= 4 is 23.9 Å². The molecule has 0 spiro atoms. The minimum absolute atomic E-state index is 0.385. The van der Waals surface area contributed by atoms with Crippen LogP contribution in [0.4, 0.5) is 0 Å². The summed E-state index contributed by atoms with van der Waals surface area (Å²) in [6.07, 6.45) is 2.54. The Bertz CT molecular complexity index is 602. The van der Waals surface area contributed by atoms with E-state index in [2.05, 4.69) is 4.79 Å². The van der Waals surface area contributed by atoms with Crippen LogP contribution in [-0.4, -0.2) is 51.7 Å². The van der Waals surface area contributed by atoms with Crippen molar-refractivity contribution in [3.05, 3.63) is 34.9 Å². The maximum Gasteiger partial charge on any atom is 0.344 e. The Morgan fingerprint density at radius 1 is 1.64 bits per heavy atom. The molecule has 0 saturated heterocycles. The number of nitrogens with zero attached hydrogens (tertiary/aromatic N) is 3. The van der Waals surface area contributed by atoms with Crippen molar-refractivity contribution in [3.8, 4) is 5.75 Å². The molecular formula is C15H19N3O3S. The van der Waals surface area contributed by atoms with Crippen LogP contribution in [0.15, 0.2) is 18.2 Å². The van der Waals surface area contributed by atoms with Crippen LogP contribution >= 0.6 is 11.8 Å². The van der Waals surface area contributed by atoms with E-state index in [1.807, 2.05) is 31.4 Å². The van der Waals surface area contributed by atoms with Gasteiger partial charge in [0.15, 0.2) is 0 Å². The number of likely N-dealkylation sites (N-methyl/N-ethyl adjacent to an activating group) is 1. The van der Waals surface area contributed by atoms with Gasteiger partial charge in [0.05, 0.1) is 6.04 Å². The number of aliphatic hydroxyl groups excluding tert-OH is 1. The first-order chi connectivity index (χ1) is 10.6. The van der Waals surface area contributed by atoms with E-state index in [1.165, 1.54) is 4.90 Å². The summed E-state index contributed by atoms with van der Waals surface area (Å²) in [4.78, 5) is 16.3. The Morgan fingerprint density at radius 2 is 2.41 bits per heavy atom. The van der Waals surface area contributed by atoms with Crippen molar-refractivity contribution in [3.63, 3.8) is 0 Å². The number of thioether (sulfide) groups is 1. The van der Waals surface area contributed by atoms with Gasteiger partial charge in [-0.05, 0) is 31.2 Å². The molecule has 1 aliphatic rings. The monoisotopic (exact) mass is 321 g/mol. The lowest BCUT2D eigenvalue weighted by Gasteiger charge is -2.27. The molecule has 0 bridgehead atoms. The molecule has 1 amide bonds. The van der Waals surface area contributed by atoms with Gasteiger partial charge in [0.2, 0.25) is 0 Å². The van der Waals surface area contributed by atoms with Crippen LogP contribution in [0, 0.1) is 0 Å². The van der Waals surface area contributed by atoms with Crippen LogP contribution in [0.3, 0.4) is 0 Å². The first kappa shape index (κ1) is 16.5. The van der Waals surface area contributed by atoms with E-state index in [4.69, 9.17) is 10.3 Å². The zero-order valence-corrected chi connectivity index (χ0v) is 13.4. The Hall–Kier alpha value is -1.82. The number of ether oxygens (including phenoxy) is 1. The zero-order chi connectivity index (χ0) is 16.1. The van der Waals surface area contributed by atoms with Crippen molar-refractivity contribution in [1.82, 2.24) is 4.90 Å². The SMILES string of the molecule is CCN(C(=O)C=[N+]=[N-])[C@@H]1Cc2c(OCSC)cccc2[C@H]1O. The molecule has 0 heterocycles. The first-order valence-electron chi connectivity index (χ1n) is 7.03. The molecule has 2 atom stereocenters. The average molecular weight is 321 g/mol. The minimum Gasteiger partial charge on any atom is -0.483 e. The number of amides is 1. The van der Waals surface area contributed by atoms with E-state index < -0.39 is 12.0 Å². The van der Waals surface area contributed by atoms with E-state index in [1.54, 1.807) is 11.8 Å². The predicted octanol–water partition coefficient (Wildman–Crippen LogP) is 1.49. The average Bonchev–Trinajstić information content (AvgIpc) is 2.84. The molecule has 0 radical (unpaired) electrons. The fourth-order valence-electron chi connectivity index (χ4n) is 2.82. The zero-order valence-electron chi connectivity index (χ0n) is 12.6. The summed E-state index contributed by atoms with van der Waals surface area (Å²) in [5.41, 5.74) is 10.3. The topological polar surface area (TPSA) is 86.2 Å². The van der Waals surface area contributed by atoms with Gasteiger partial charge in [0.25, 0.3) is 0 Å². The molecule has 6 nitrogen and oxygen atoms in total. The summed E-state index contributed by atoms with van der Waals surface area (Å²) in [5, 5.41) is 10.5. The summed E-state index contributed by atoms with van der Waals surface area (Å²) in [5.74, 6) is 0.853. The molecule has 0 unspecified atom stereocenters. The number of fused-ring (bicyclic) bond motifs is 1. The summed E-state index contributed by atoms with van der Waals surface area (Å²) >= 11 is 1.57. The Labute approximate surface area is 133 Å². The Morgan fingerprint density at radius 3 is 3.05 bits per heavy atom. The minimum atomic E-state index is -0.774. The second kappa shape index (κ2) is 7.45. The molecule has 2 rings (SSSR count). The summed E-state index contributed by atoms with van der Waals surface area (Å²) < 4.78 is 5.70. The van der Waals surface area contributed by atoms with Gasteiger partial charge in [0, 0.05) is 12.1 Å². The lowest BCUT2D eigenvalue weighted by molar-refractivity contribution is -0.131. The third kappa shape index (κ3) is 3.16. The van der Waals surface area contributed by atoms with Crippen LogP contribution in [0.5, 0.6) is 5.75 Å². The van der Waals surface area contributed by atoms with E-state index in [-0.39, 0.29) is 6.04 Å². The number of aliphatic hydroxyl groups is 1. The molecule has 1 aliphatic carbocycles. The Balaban J connectivity index is 2.28. The van der Waals surface area contributed by atoms with Gasteiger partial charge < -0.3 is 20.3 Å². The van der Waals surface area contributed by atoms with Gasteiger partial charge in [-0.15, -0.1) is 11.8 Å². The van der Waals surface area contributed by atoms with Crippen molar-refractivity contribution in [2.75, 3.05) is 18.7 Å². The molecule has 7 heteroatoms. The number of carbonyl (C=O) groups is 1. The van der Waals surface area contributed by atoms with Gasteiger partial charge in [0.1, 0.15) is 17.8 Å². The number of hydrogen-bond acceptors (Lipinski definition) is 4. The van der Waals surface area contributed by atoms with Crippen molar-refractivity contribution in [1.29, 1.82) is 0 Å². The highest BCUT2D eigenvalue weighted by Gasteiger charge is 2.38. The highest BCUT2D eigenvalue weighted by atomic mass is 32.2. The van der Waals surface area contributed by atoms with Gasteiger partial charge >= 0.3 is 12.1 Å². The molecule has 0 aromatic heterocycles. The summed E-state index contributed by atoms with van der Waals surface area (Å²) in [7, 11) is 0. The van der Waals surface area contributed by atoms with Crippen molar-refractivity contribution < 1.29 is 19.4 Å². The number of carbonyl (C=O) groups excluding carboxylic acids is 1. The van der Waals surface area contributed by atoms with E-state index in [0.717, 1.165) is 23.1 Å². The quantitative estimate of drug-likeness (QED) is 0.372. The molecule has 0 fully saturated rings. The molecule has 118 valence electrons.